The Morgan fingerprint density at radius 3 is 2.00 bits per heavy atom. The number of benzene rings is 1. The summed E-state index contributed by atoms with van der Waals surface area (Å²) in [5, 5.41) is 9.68. The SMILES string of the molecule is C=C(C)C(=O)OC(=O)c1cc(OC)c(O)c(OC)c1. The summed E-state index contributed by atoms with van der Waals surface area (Å²) < 4.78 is 14.3. The molecule has 0 radical (unpaired) electrons. The lowest BCUT2D eigenvalue weighted by Gasteiger charge is -2.10. The summed E-state index contributed by atoms with van der Waals surface area (Å²) >= 11 is 0. The Morgan fingerprint density at radius 2 is 1.63 bits per heavy atom. The molecule has 6 nitrogen and oxygen atoms in total. The van der Waals surface area contributed by atoms with Crippen LogP contribution in [0.25, 0.3) is 0 Å². The second kappa shape index (κ2) is 5.90. The first-order chi connectivity index (χ1) is 8.90. The van der Waals surface area contributed by atoms with Crippen LogP contribution < -0.4 is 9.47 Å². The van der Waals surface area contributed by atoms with Crippen LogP contribution in [-0.2, 0) is 9.53 Å². The van der Waals surface area contributed by atoms with Crippen molar-refractivity contribution in [2.24, 2.45) is 0 Å². The molecule has 0 saturated heterocycles. The standard InChI is InChI=1S/C13H14O6/c1-7(2)12(15)19-13(16)8-5-9(17-3)11(14)10(6-8)18-4/h5-6,14H,1H2,2-4H3. The molecule has 0 atom stereocenters. The van der Waals surface area contributed by atoms with Gasteiger partial charge in [0, 0.05) is 5.57 Å². The quantitative estimate of drug-likeness (QED) is 0.507. The summed E-state index contributed by atoms with van der Waals surface area (Å²) in [6, 6.07) is 2.48. The monoisotopic (exact) mass is 266 g/mol. The van der Waals surface area contributed by atoms with Crippen molar-refractivity contribution in [1.29, 1.82) is 0 Å². The van der Waals surface area contributed by atoms with Crippen LogP contribution in [0.1, 0.15) is 17.3 Å². The van der Waals surface area contributed by atoms with Gasteiger partial charge in [-0.1, -0.05) is 6.58 Å². The number of ether oxygens (including phenoxy) is 3. The molecule has 0 aliphatic carbocycles. The first kappa shape index (κ1) is 14.6. The Morgan fingerprint density at radius 1 is 1.16 bits per heavy atom. The molecule has 1 aromatic rings. The van der Waals surface area contributed by atoms with Crippen molar-refractivity contribution in [2.45, 2.75) is 6.92 Å². The molecule has 0 spiro atoms. The van der Waals surface area contributed by atoms with Gasteiger partial charge in [-0.3, -0.25) is 0 Å². The van der Waals surface area contributed by atoms with E-state index in [1.807, 2.05) is 0 Å². The third-order valence-corrected chi connectivity index (χ3v) is 2.25. The van der Waals surface area contributed by atoms with Crippen molar-refractivity contribution in [3.05, 3.63) is 29.8 Å². The lowest BCUT2D eigenvalue weighted by atomic mass is 10.2. The third-order valence-electron chi connectivity index (χ3n) is 2.25. The molecule has 0 amide bonds. The summed E-state index contributed by atoms with van der Waals surface area (Å²) in [6.07, 6.45) is 0. The van der Waals surface area contributed by atoms with Crippen LogP contribution in [0, 0.1) is 0 Å². The van der Waals surface area contributed by atoms with Crippen molar-refractivity contribution < 1.29 is 28.9 Å². The Kier molecular flexibility index (Phi) is 4.52. The predicted molar refractivity (Wildman–Crippen MR) is 66.4 cm³/mol. The Labute approximate surface area is 110 Å². The molecule has 1 aromatic carbocycles. The number of hydrogen-bond donors (Lipinski definition) is 1. The number of rotatable bonds is 4. The molecule has 0 aromatic heterocycles. The summed E-state index contributed by atoms with van der Waals surface area (Å²) in [4.78, 5) is 23.0. The molecule has 0 bridgehead atoms. The molecular weight excluding hydrogens is 252 g/mol. The van der Waals surface area contributed by atoms with Crippen LogP contribution >= 0.6 is 0 Å². The Balaban J connectivity index is 3.10. The van der Waals surface area contributed by atoms with Crippen LogP contribution in [0.15, 0.2) is 24.3 Å². The highest BCUT2D eigenvalue weighted by Crippen LogP contribution is 2.37. The van der Waals surface area contributed by atoms with E-state index in [1.165, 1.54) is 33.3 Å². The maximum absolute atomic E-state index is 11.7. The zero-order valence-corrected chi connectivity index (χ0v) is 10.9. The minimum atomic E-state index is -0.885. The second-order valence-corrected chi connectivity index (χ2v) is 3.69. The van der Waals surface area contributed by atoms with Gasteiger partial charge in [0.15, 0.2) is 11.5 Å². The van der Waals surface area contributed by atoms with E-state index in [0.29, 0.717) is 0 Å². The third kappa shape index (κ3) is 3.25. The first-order valence-electron chi connectivity index (χ1n) is 5.27. The lowest BCUT2D eigenvalue weighted by molar-refractivity contribution is -0.133. The summed E-state index contributed by atoms with van der Waals surface area (Å²) in [5.41, 5.74) is 0.118. The maximum Gasteiger partial charge on any atom is 0.346 e. The number of esters is 2. The summed E-state index contributed by atoms with van der Waals surface area (Å²) in [6.45, 7) is 4.79. The predicted octanol–water partition coefficient (Wildman–Crippen LogP) is 1.67. The number of phenolic OH excluding ortho intramolecular Hbond substituents is 1. The van der Waals surface area contributed by atoms with Crippen molar-refractivity contribution in [2.75, 3.05) is 14.2 Å². The largest absolute Gasteiger partial charge is 0.502 e. The highest BCUT2D eigenvalue weighted by atomic mass is 16.6. The van der Waals surface area contributed by atoms with Crippen LogP contribution in [0.4, 0.5) is 0 Å². The van der Waals surface area contributed by atoms with E-state index in [0.717, 1.165) is 0 Å². The smallest absolute Gasteiger partial charge is 0.346 e. The van der Waals surface area contributed by atoms with Gasteiger partial charge in [-0.2, -0.15) is 0 Å². The van der Waals surface area contributed by atoms with Crippen molar-refractivity contribution in [1.82, 2.24) is 0 Å². The fourth-order valence-corrected chi connectivity index (χ4v) is 1.24. The normalized spacial score (nSPS) is 9.63. The fraction of sp³-hybridized carbons (Fsp3) is 0.231. The van der Waals surface area contributed by atoms with Crippen LogP contribution in [-0.4, -0.2) is 31.3 Å². The van der Waals surface area contributed by atoms with E-state index < -0.39 is 11.9 Å². The van der Waals surface area contributed by atoms with E-state index in [4.69, 9.17) is 9.47 Å². The van der Waals surface area contributed by atoms with Gasteiger partial charge in [-0.25, -0.2) is 9.59 Å². The molecule has 0 unspecified atom stereocenters. The minimum Gasteiger partial charge on any atom is -0.502 e. The van der Waals surface area contributed by atoms with E-state index in [-0.39, 0.29) is 28.4 Å². The lowest BCUT2D eigenvalue weighted by Crippen LogP contribution is -2.13. The van der Waals surface area contributed by atoms with Crippen LogP contribution in [0.2, 0.25) is 0 Å². The van der Waals surface area contributed by atoms with E-state index in [9.17, 15) is 14.7 Å². The molecule has 0 heterocycles. The molecule has 1 N–H and O–H groups in total. The number of hydrogen-bond acceptors (Lipinski definition) is 6. The van der Waals surface area contributed by atoms with Gasteiger partial charge < -0.3 is 19.3 Å². The van der Waals surface area contributed by atoms with Crippen molar-refractivity contribution in [3.63, 3.8) is 0 Å². The maximum atomic E-state index is 11.7. The summed E-state index contributed by atoms with van der Waals surface area (Å²) in [5.74, 6) is -1.88. The Bertz CT molecular complexity index is 507. The molecule has 1 rings (SSSR count). The van der Waals surface area contributed by atoms with Gasteiger partial charge in [0.25, 0.3) is 0 Å². The van der Waals surface area contributed by atoms with Crippen molar-refractivity contribution >= 4 is 11.9 Å². The van der Waals surface area contributed by atoms with Gasteiger partial charge in [0.2, 0.25) is 5.75 Å². The molecule has 6 heteroatoms. The van der Waals surface area contributed by atoms with E-state index >= 15 is 0 Å². The van der Waals surface area contributed by atoms with Crippen LogP contribution in [0.5, 0.6) is 17.2 Å². The zero-order chi connectivity index (χ0) is 14.6. The van der Waals surface area contributed by atoms with Gasteiger partial charge in [-0.15, -0.1) is 0 Å². The Hall–Kier alpha value is -2.50. The number of phenols is 1. The highest BCUT2D eigenvalue weighted by Gasteiger charge is 2.19. The van der Waals surface area contributed by atoms with E-state index in [1.54, 1.807) is 0 Å². The molecule has 102 valence electrons. The van der Waals surface area contributed by atoms with E-state index in [2.05, 4.69) is 11.3 Å². The average Bonchev–Trinajstić information content (AvgIpc) is 2.38. The topological polar surface area (TPSA) is 82.1 Å². The molecule has 0 saturated carbocycles. The summed E-state index contributed by atoms with van der Waals surface area (Å²) in [7, 11) is 2.64. The van der Waals surface area contributed by atoms with Crippen molar-refractivity contribution in [3.8, 4) is 17.2 Å². The number of carbonyl (C=O) groups excluding carboxylic acids is 2. The average molecular weight is 266 g/mol. The second-order valence-electron chi connectivity index (χ2n) is 3.69. The number of methoxy groups -OCH3 is 2. The van der Waals surface area contributed by atoms with Gasteiger partial charge >= 0.3 is 11.9 Å². The molecule has 0 aliphatic rings. The van der Waals surface area contributed by atoms with Gasteiger partial charge in [-0.05, 0) is 19.1 Å². The highest BCUT2D eigenvalue weighted by molar-refractivity contribution is 6.02. The number of aromatic hydroxyl groups is 1. The number of carbonyl (C=O) groups is 2. The first-order valence-corrected chi connectivity index (χ1v) is 5.27. The molecule has 19 heavy (non-hydrogen) atoms. The van der Waals surface area contributed by atoms with Crippen LogP contribution in [0.3, 0.4) is 0 Å². The minimum absolute atomic E-state index is 0.0149. The molecule has 0 fully saturated rings. The molecule has 0 aliphatic heterocycles. The molecular formula is C13H14O6. The fourth-order valence-electron chi connectivity index (χ4n) is 1.24. The zero-order valence-electron chi connectivity index (χ0n) is 10.9. The van der Waals surface area contributed by atoms with Gasteiger partial charge in [0.1, 0.15) is 0 Å². The van der Waals surface area contributed by atoms with Gasteiger partial charge in [0.05, 0.1) is 19.8 Å².